The van der Waals surface area contributed by atoms with Crippen molar-refractivity contribution in [3.8, 4) is 5.75 Å². The molecule has 2 aromatic carbocycles. The molecule has 0 saturated carbocycles. The summed E-state index contributed by atoms with van der Waals surface area (Å²) >= 11 is 8.04. The minimum absolute atomic E-state index is 0.101. The number of halogens is 1. The van der Waals surface area contributed by atoms with Crippen molar-refractivity contribution >= 4 is 50.8 Å². The van der Waals surface area contributed by atoms with Crippen molar-refractivity contribution in [2.75, 3.05) is 0 Å². The van der Waals surface area contributed by atoms with Gasteiger partial charge in [-0.1, -0.05) is 103 Å². The summed E-state index contributed by atoms with van der Waals surface area (Å²) in [5, 5.41) is 0. The van der Waals surface area contributed by atoms with Crippen molar-refractivity contribution < 1.29 is 14.3 Å². The van der Waals surface area contributed by atoms with Crippen LogP contribution in [0.25, 0.3) is 6.08 Å². The van der Waals surface area contributed by atoms with Crippen LogP contribution in [0.4, 0.5) is 0 Å². The number of ether oxygens (including phenoxy) is 1. The van der Waals surface area contributed by atoms with Crippen LogP contribution in [0.2, 0.25) is 0 Å². The van der Waals surface area contributed by atoms with Crippen LogP contribution in [0, 0.1) is 0 Å². The van der Waals surface area contributed by atoms with E-state index in [0.29, 0.717) is 11.3 Å². The second-order valence-corrected chi connectivity index (χ2v) is 9.33. The Morgan fingerprint density at radius 2 is 1.50 bits per heavy atom. The van der Waals surface area contributed by atoms with Gasteiger partial charge < -0.3 is 4.74 Å². The average Bonchev–Trinajstić information content (AvgIpc) is 2.76. The van der Waals surface area contributed by atoms with Crippen molar-refractivity contribution in [1.82, 2.24) is 0 Å². The summed E-state index contributed by atoms with van der Waals surface area (Å²) in [5.74, 6) is -0.497. The second kappa shape index (κ2) is 16.9. The Hall–Kier alpha value is -2.63. The summed E-state index contributed by atoms with van der Waals surface area (Å²) in [6.07, 6.45) is 4.85. The van der Waals surface area contributed by atoms with E-state index in [-0.39, 0.29) is 11.4 Å². The predicted molar refractivity (Wildman–Crippen MR) is 153 cm³/mol. The van der Waals surface area contributed by atoms with Crippen LogP contribution in [-0.4, -0.2) is 16.6 Å². The molecule has 0 aliphatic carbocycles. The number of allylic oxidation sites excluding steroid dienone is 3. The van der Waals surface area contributed by atoms with Crippen LogP contribution in [0.5, 0.6) is 5.75 Å². The Bertz CT molecular complexity index is 1060. The number of benzene rings is 2. The Morgan fingerprint density at radius 3 is 2.00 bits per heavy atom. The number of esters is 1. The van der Waals surface area contributed by atoms with Gasteiger partial charge in [-0.3, -0.25) is 4.79 Å². The first-order valence-corrected chi connectivity index (χ1v) is 12.3. The molecule has 0 N–H and O–H groups in total. The van der Waals surface area contributed by atoms with Crippen molar-refractivity contribution in [2.24, 2.45) is 0 Å². The Labute approximate surface area is 218 Å². The van der Waals surface area contributed by atoms with E-state index in [4.69, 9.17) is 4.74 Å². The van der Waals surface area contributed by atoms with E-state index in [1.165, 1.54) is 23.6 Å². The molecule has 0 bridgehead atoms. The van der Waals surface area contributed by atoms with Crippen LogP contribution in [0.15, 0.2) is 82.4 Å². The van der Waals surface area contributed by atoms with Crippen LogP contribution in [0.1, 0.15) is 70.8 Å². The molecule has 5 heteroatoms. The molecule has 1 aliphatic heterocycles. The lowest BCUT2D eigenvalue weighted by Gasteiger charge is -2.15. The normalized spacial score (nSPS) is 13.1. The summed E-state index contributed by atoms with van der Waals surface area (Å²) in [5.41, 5.74) is 4.06. The van der Waals surface area contributed by atoms with Gasteiger partial charge in [0.05, 0.1) is 5.56 Å². The fourth-order valence-electron chi connectivity index (χ4n) is 2.33. The van der Waals surface area contributed by atoms with Gasteiger partial charge in [-0.05, 0) is 68.8 Å². The number of hydrogen-bond donors (Lipinski definition) is 0. The number of hydrogen-bond acceptors (Lipinski definition) is 4. The Balaban J connectivity index is 0.000000506. The van der Waals surface area contributed by atoms with Crippen molar-refractivity contribution in [2.45, 2.75) is 54.9 Å². The van der Waals surface area contributed by atoms with Gasteiger partial charge in [-0.15, -0.1) is 0 Å². The van der Waals surface area contributed by atoms with E-state index in [0.717, 1.165) is 14.9 Å². The summed E-state index contributed by atoms with van der Waals surface area (Å²) < 4.78 is 6.10. The molecule has 182 valence electrons. The SMILES string of the molecule is C=C(C)C(C)=Cc1ccccc1Br.CC(C)=S.CC=C1C(=O)Oc2ccccc2C1=O.CCC. The first-order valence-electron chi connectivity index (χ1n) is 11.1. The van der Waals surface area contributed by atoms with Gasteiger partial charge in [0, 0.05) is 4.47 Å². The van der Waals surface area contributed by atoms with Crippen LogP contribution in [0.3, 0.4) is 0 Å². The van der Waals surface area contributed by atoms with Gasteiger partial charge in [-0.25, -0.2) is 4.79 Å². The maximum atomic E-state index is 11.7. The highest BCUT2D eigenvalue weighted by Gasteiger charge is 2.29. The van der Waals surface area contributed by atoms with Gasteiger partial charge in [-0.2, -0.15) is 0 Å². The molecule has 0 saturated heterocycles. The van der Waals surface area contributed by atoms with E-state index in [1.54, 1.807) is 31.2 Å². The van der Waals surface area contributed by atoms with Gasteiger partial charge >= 0.3 is 5.97 Å². The maximum absolute atomic E-state index is 11.7. The average molecular weight is 544 g/mol. The number of carbonyl (C=O) groups excluding carboxylic acids is 2. The van der Waals surface area contributed by atoms with Gasteiger partial charge in [0.15, 0.2) is 0 Å². The van der Waals surface area contributed by atoms with Gasteiger partial charge in [0.1, 0.15) is 11.3 Å². The molecular formula is C29H35BrO3S. The standard InChI is InChI=1S/C12H13Br.C11H8O3.C3H6S.C3H8/c1-9(2)10(3)8-11-6-4-5-7-12(11)13;1-2-7-10(12)8-5-3-4-6-9(8)14-11(7)13;1-3(2)4;1-3-2/h4-8H,1H2,2-3H3;2-6H,1H3;1-2H3;3H2,1-2H3. The molecule has 0 atom stereocenters. The molecule has 3 rings (SSSR count). The summed E-state index contributed by atoms with van der Waals surface area (Å²) in [4.78, 5) is 24.0. The van der Waals surface area contributed by atoms with Gasteiger partial charge in [0.25, 0.3) is 0 Å². The number of rotatable bonds is 2. The highest BCUT2D eigenvalue weighted by molar-refractivity contribution is 9.10. The number of fused-ring (bicyclic) bond motifs is 1. The molecule has 0 amide bonds. The summed E-state index contributed by atoms with van der Waals surface area (Å²) in [7, 11) is 0. The minimum Gasteiger partial charge on any atom is -0.422 e. The quantitative estimate of drug-likeness (QED) is 0.0947. The largest absolute Gasteiger partial charge is 0.422 e. The lowest BCUT2D eigenvalue weighted by Crippen LogP contribution is -2.24. The molecule has 0 aromatic heterocycles. The first kappa shape index (κ1) is 31.4. The van der Waals surface area contributed by atoms with E-state index >= 15 is 0 Å². The summed E-state index contributed by atoms with van der Waals surface area (Å²) in [6.45, 7) is 17.7. The first-order chi connectivity index (χ1) is 16.0. The number of Topliss-reactive ketones (excluding diaryl/α,β-unsaturated/α-hetero) is 1. The van der Waals surface area contributed by atoms with E-state index < -0.39 is 5.97 Å². The summed E-state index contributed by atoms with van der Waals surface area (Å²) in [6, 6.07) is 14.9. The fraction of sp³-hybridized carbons (Fsp3) is 0.276. The number of ketones is 1. The molecule has 3 nitrogen and oxygen atoms in total. The zero-order valence-electron chi connectivity index (χ0n) is 21.2. The third-order valence-electron chi connectivity index (χ3n) is 4.04. The molecule has 0 fully saturated rings. The zero-order valence-corrected chi connectivity index (χ0v) is 23.6. The van der Waals surface area contributed by atoms with E-state index in [1.807, 2.05) is 39.0 Å². The maximum Gasteiger partial charge on any atom is 0.347 e. The second-order valence-electron chi connectivity index (χ2n) is 7.66. The zero-order chi connectivity index (χ0) is 26.3. The number of thiocarbonyl (C=S) groups is 1. The molecule has 1 aliphatic rings. The Kier molecular flexibility index (Phi) is 15.6. The van der Waals surface area contributed by atoms with Crippen molar-refractivity contribution in [3.05, 3.63) is 93.5 Å². The molecule has 0 spiro atoms. The van der Waals surface area contributed by atoms with E-state index in [9.17, 15) is 9.59 Å². The molecule has 34 heavy (non-hydrogen) atoms. The van der Waals surface area contributed by atoms with Crippen molar-refractivity contribution in [3.63, 3.8) is 0 Å². The third-order valence-corrected chi connectivity index (χ3v) is 4.76. The fourth-order valence-corrected chi connectivity index (χ4v) is 2.73. The molecule has 1 heterocycles. The third kappa shape index (κ3) is 11.5. The highest BCUT2D eigenvalue weighted by atomic mass is 79.9. The number of carbonyl (C=O) groups is 2. The topological polar surface area (TPSA) is 43.4 Å². The molecular weight excluding hydrogens is 508 g/mol. The van der Waals surface area contributed by atoms with Crippen LogP contribution >= 0.6 is 28.1 Å². The molecule has 0 unspecified atom stereocenters. The molecule has 2 aromatic rings. The lowest BCUT2D eigenvalue weighted by atomic mass is 10.00. The van der Waals surface area contributed by atoms with Crippen LogP contribution < -0.4 is 4.74 Å². The predicted octanol–water partition coefficient (Wildman–Crippen LogP) is 8.98. The van der Waals surface area contributed by atoms with Crippen LogP contribution in [-0.2, 0) is 4.79 Å². The van der Waals surface area contributed by atoms with Gasteiger partial charge in [0.2, 0.25) is 5.78 Å². The Morgan fingerprint density at radius 1 is 1.00 bits per heavy atom. The number of para-hydroxylation sites is 1. The highest BCUT2D eigenvalue weighted by Crippen LogP contribution is 2.27. The molecule has 0 radical (unpaired) electrons. The smallest absolute Gasteiger partial charge is 0.347 e. The van der Waals surface area contributed by atoms with E-state index in [2.05, 4.69) is 67.6 Å². The minimum atomic E-state index is -0.573. The van der Waals surface area contributed by atoms with Crippen molar-refractivity contribution in [1.29, 1.82) is 0 Å². The monoisotopic (exact) mass is 542 g/mol. The lowest BCUT2D eigenvalue weighted by molar-refractivity contribution is -0.130.